The molecule has 3 rings (SSSR count). The molecule has 1 saturated heterocycles. The smallest absolute Gasteiger partial charge is 0.236 e. The van der Waals surface area contributed by atoms with Gasteiger partial charge in [-0.2, -0.15) is 0 Å². The first-order valence-electron chi connectivity index (χ1n) is 6.65. The van der Waals surface area contributed by atoms with Crippen LogP contribution in [0.1, 0.15) is 18.4 Å². The summed E-state index contributed by atoms with van der Waals surface area (Å²) in [5.41, 5.74) is 1.23. The average molecular weight is 318 g/mol. The Morgan fingerprint density at radius 2 is 1.95 bits per heavy atom. The van der Waals surface area contributed by atoms with E-state index in [4.69, 9.17) is 0 Å². The zero-order chi connectivity index (χ0) is 13.2. The number of benzene rings is 2. The molecule has 0 radical (unpaired) electrons. The van der Waals surface area contributed by atoms with Crippen molar-refractivity contribution >= 4 is 32.6 Å². The summed E-state index contributed by atoms with van der Waals surface area (Å²) >= 11 is 3.47. The van der Waals surface area contributed by atoms with Gasteiger partial charge >= 0.3 is 0 Å². The van der Waals surface area contributed by atoms with Gasteiger partial charge in [0.1, 0.15) is 0 Å². The van der Waals surface area contributed by atoms with E-state index < -0.39 is 0 Å². The molecule has 98 valence electrons. The molecule has 1 aliphatic rings. The SMILES string of the molecule is O=C1C(Br)CCCN1Cc1cccc2ccccc12. The monoisotopic (exact) mass is 317 g/mol. The van der Waals surface area contributed by atoms with Gasteiger partial charge in [0.2, 0.25) is 5.91 Å². The van der Waals surface area contributed by atoms with E-state index in [0.29, 0.717) is 6.54 Å². The molecule has 19 heavy (non-hydrogen) atoms. The van der Waals surface area contributed by atoms with Gasteiger partial charge in [-0.05, 0) is 29.2 Å². The molecule has 1 aliphatic heterocycles. The van der Waals surface area contributed by atoms with Gasteiger partial charge in [-0.25, -0.2) is 0 Å². The molecule has 1 fully saturated rings. The lowest BCUT2D eigenvalue weighted by molar-refractivity contribution is -0.133. The van der Waals surface area contributed by atoms with Crippen LogP contribution in [0, 0.1) is 0 Å². The van der Waals surface area contributed by atoms with E-state index in [1.54, 1.807) is 0 Å². The summed E-state index contributed by atoms with van der Waals surface area (Å²) in [5.74, 6) is 0.221. The first-order chi connectivity index (χ1) is 9.25. The van der Waals surface area contributed by atoms with Crippen molar-refractivity contribution in [2.24, 2.45) is 0 Å². The van der Waals surface area contributed by atoms with Crippen LogP contribution in [-0.2, 0) is 11.3 Å². The van der Waals surface area contributed by atoms with Crippen molar-refractivity contribution in [1.82, 2.24) is 4.90 Å². The van der Waals surface area contributed by atoms with Crippen molar-refractivity contribution in [3.8, 4) is 0 Å². The number of rotatable bonds is 2. The van der Waals surface area contributed by atoms with E-state index in [2.05, 4.69) is 52.3 Å². The maximum Gasteiger partial charge on any atom is 0.236 e. The number of fused-ring (bicyclic) bond motifs is 1. The second-order valence-electron chi connectivity index (χ2n) is 5.01. The van der Waals surface area contributed by atoms with E-state index in [1.165, 1.54) is 16.3 Å². The number of amides is 1. The Kier molecular flexibility index (Phi) is 3.56. The summed E-state index contributed by atoms with van der Waals surface area (Å²) in [6.07, 6.45) is 2.03. The van der Waals surface area contributed by atoms with Crippen LogP contribution >= 0.6 is 15.9 Å². The number of carbonyl (C=O) groups excluding carboxylic acids is 1. The summed E-state index contributed by atoms with van der Waals surface area (Å²) in [6, 6.07) is 14.6. The number of alkyl halides is 1. The van der Waals surface area contributed by atoms with E-state index in [9.17, 15) is 4.79 Å². The van der Waals surface area contributed by atoms with Crippen LogP contribution < -0.4 is 0 Å². The van der Waals surface area contributed by atoms with Crippen molar-refractivity contribution in [3.05, 3.63) is 48.0 Å². The topological polar surface area (TPSA) is 20.3 Å². The number of halogens is 1. The van der Waals surface area contributed by atoms with Crippen molar-refractivity contribution in [1.29, 1.82) is 0 Å². The predicted octanol–water partition coefficient (Wildman–Crippen LogP) is 3.73. The summed E-state index contributed by atoms with van der Waals surface area (Å²) in [4.78, 5) is 14.1. The molecule has 1 unspecified atom stereocenters. The molecule has 1 amide bonds. The molecule has 1 atom stereocenters. The molecule has 0 bridgehead atoms. The van der Waals surface area contributed by atoms with Crippen molar-refractivity contribution in [2.75, 3.05) is 6.54 Å². The van der Waals surface area contributed by atoms with Crippen molar-refractivity contribution in [2.45, 2.75) is 24.2 Å². The minimum Gasteiger partial charge on any atom is -0.337 e. The Morgan fingerprint density at radius 3 is 2.84 bits per heavy atom. The normalized spacial score (nSPS) is 19.9. The summed E-state index contributed by atoms with van der Waals surface area (Å²) < 4.78 is 0. The predicted molar refractivity (Wildman–Crippen MR) is 81.3 cm³/mol. The average Bonchev–Trinajstić information content (AvgIpc) is 2.44. The second kappa shape index (κ2) is 5.33. The van der Waals surface area contributed by atoms with Crippen LogP contribution in [-0.4, -0.2) is 22.2 Å². The molecule has 2 aromatic rings. The largest absolute Gasteiger partial charge is 0.337 e. The maximum absolute atomic E-state index is 12.1. The Morgan fingerprint density at radius 1 is 1.16 bits per heavy atom. The third-order valence-corrected chi connectivity index (χ3v) is 4.56. The van der Waals surface area contributed by atoms with Gasteiger partial charge in [-0.3, -0.25) is 4.79 Å². The van der Waals surface area contributed by atoms with Gasteiger partial charge in [0, 0.05) is 13.1 Å². The number of carbonyl (C=O) groups is 1. The highest BCUT2D eigenvalue weighted by molar-refractivity contribution is 9.10. The van der Waals surface area contributed by atoms with Gasteiger partial charge in [-0.1, -0.05) is 58.4 Å². The fraction of sp³-hybridized carbons (Fsp3) is 0.312. The molecule has 0 spiro atoms. The fourth-order valence-corrected chi connectivity index (χ4v) is 3.30. The molecule has 2 aromatic carbocycles. The third-order valence-electron chi connectivity index (χ3n) is 3.71. The molecule has 3 heteroatoms. The molecular weight excluding hydrogens is 302 g/mol. The first-order valence-corrected chi connectivity index (χ1v) is 7.57. The van der Waals surface area contributed by atoms with Gasteiger partial charge in [0.05, 0.1) is 4.83 Å². The van der Waals surface area contributed by atoms with Gasteiger partial charge < -0.3 is 4.90 Å². The number of hydrogen-bond acceptors (Lipinski definition) is 1. The first kappa shape index (κ1) is 12.7. The molecule has 0 saturated carbocycles. The lowest BCUT2D eigenvalue weighted by atomic mass is 10.0. The van der Waals surface area contributed by atoms with Gasteiger partial charge in [0.25, 0.3) is 0 Å². The highest BCUT2D eigenvalue weighted by Gasteiger charge is 2.26. The van der Waals surface area contributed by atoms with E-state index >= 15 is 0 Å². The van der Waals surface area contributed by atoms with Crippen molar-refractivity contribution < 1.29 is 4.79 Å². The van der Waals surface area contributed by atoms with E-state index in [-0.39, 0.29) is 10.7 Å². The highest BCUT2D eigenvalue weighted by Crippen LogP contribution is 2.24. The zero-order valence-corrected chi connectivity index (χ0v) is 12.3. The molecule has 0 aliphatic carbocycles. The Balaban J connectivity index is 1.91. The Hall–Kier alpha value is -1.35. The molecule has 2 nitrogen and oxygen atoms in total. The van der Waals surface area contributed by atoms with Crippen LogP contribution in [0.4, 0.5) is 0 Å². The second-order valence-corrected chi connectivity index (χ2v) is 6.11. The molecule has 1 heterocycles. The van der Waals surface area contributed by atoms with Crippen molar-refractivity contribution in [3.63, 3.8) is 0 Å². The maximum atomic E-state index is 12.1. The Labute approximate surface area is 121 Å². The van der Waals surface area contributed by atoms with E-state index in [0.717, 1.165) is 19.4 Å². The lowest BCUT2D eigenvalue weighted by Crippen LogP contribution is -2.41. The summed E-state index contributed by atoms with van der Waals surface area (Å²) in [7, 11) is 0. The fourth-order valence-electron chi connectivity index (χ4n) is 2.69. The van der Waals surface area contributed by atoms with Gasteiger partial charge in [0.15, 0.2) is 0 Å². The van der Waals surface area contributed by atoms with Crippen LogP contribution in [0.15, 0.2) is 42.5 Å². The minimum atomic E-state index is -0.00349. The number of piperidine rings is 1. The quantitative estimate of drug-likeness (QED) is 0.773. The van der Waals surface area contributed by atoms with Gasteiger partial charge in [-0.15, -0.1) is 0 Å². The third kappa shape index (κ3) is 2.52. The van der Waals surface area contributed by atoms with E-state index in [1.807, 2.05) is 11.0 Å². The summed E-state index contributed by atoms with van der Waals surface area (Å²) in [6.45, 7) is 1.58. The van der Waals surface area contributed by atoms with Crippen LogP contribution in [0.5, 0.6) is 0 Å². The zero-order valence-electron chi connectivity index (χ0n) is 10.7. The van der Waals surface area contributed by atoms with Crippen LogP contribution in [0.2, 0.25) is 0 Å². The molecule has 0 aromatic heterocycles. The Bertz CT molecular complexity index is 605. The summed E-state index contributed by atoms with van der Waals surface area (Å²) in [5, 5.41) is 2.48. The highest BCUT2D eigenvalue weighted by atomic mass is 79.9. The minimum absolute atomic E-state index is 0.00349. The number of likely N-dealkylation sites (tertiary alicyclic amines) is 1. The molecule has 0 N–H and O–H groups in total. The number of nitrogens with zero attached hydrogens (tertiary/aromatic N) is 1. The van der Waals surface area contributed by atoms with Crippen LogP contribution in [0.3, 0.4) is 0 Å². The lowest BCUT2D eigenvalue weighted by Gasteiger charge is -2.30. The standard InChI is InChI=1S/C16H16BrNO/c17-15-9-4-10-18(16(15)19)11-13-7-3-6-12-5-1-2-8-14(12)13/h1-3,5-8,15H,4,9-11H2. The number of hydrogen-bond donors (Lipinski definition) is 0. The molecular formula is C16H16BrNO. The van der Waals surface area contributed by atoms with Crippen LogP contribution in [0.25, 0.3) is 10.8 Å².